The first kappa shape index (κ1) is 14.7. The van der Waals surface area contributed by atoms with E-state index in [1.165, 1.54) is 0 Å². The van der Waals surface area contributed by atoms with Gasteiger partial charge in [-0.25, -0.2) is 0 Å². The van der Waals surface area contributed by atoms with Crippen molar-refractivity contribution in [2.24, 2.45) is 0 Å². The Morgan fingerprint density at radius 1 is 1.29 bits per heavy atom. The summed E-state index contributed by atoms with van der Waals surface area (Å²) in [6, 6.07) is 8.89. The molecule has 2 aromatic rings. The summed E-state index contributed by atoms with van der Waals surface area (Å²) in [6.07, 6.45) is 0. The van der Waals surface area contributed by atoms with Crippen molar-refractivity contribution < 1.29 is 13.9 Å². The Morgan fingerprint density at radius 3 is 2.62 bits per heavy atom. The third-order valence-corrected chi connectivity index (χ3v) is 3.22. The van der Waals surface area contributed by atoms with Crippen molar-refractivity contribution in [2.75, 3.05) is 11.9 Å². The van der Waals surface area contributed by atoms with E-state index < -0.39 is 0 Å². The summed E-state index contributed by atoms with van der Waals surface area (Å²) in [7, 11) is 0. The summed E-state index contributed by atoms with van der Waals surface area (Å²) in [6.45, 7) is 5.35. The maximum absolute atomic E-state index is 12.4. The van der Waals surface area contributed by atoms with E-state index in [1.54, 1.807) is 31.2 Å². The fourth-order valence-corrected chi connectivity index (χ4v) is 2.12. The number of amides is 1. The average Bonchev–Trinajstić information content (AvgIpc) is 2.71. The summed E-state index contributed by atoms with van der Waals surface area (Å²) in [5, 5.41) is 11.4. The fraction of sp³-hybridized carbons (Fsp3) is 0.250. The maximum atomic E-state index is 12.4. The Morgan fingerprint density at radius 2 is 2.00 bits per heavy atom. The van der Waals surface area contributed by atoms with Crippen molar-refractivity contribution in [1.29, 1.82) is 5.26 Å². The minimum atomic E-state index is -0.255. The molecule has 0 unspecified atom stereocenters. The zero-order chi connectivity index (χ0) is 15.4. The highest BCUT2D eigenvalue weighted by molar-refractivity contribution is 6.06. The second-order valence-electron chi connectivity index (χ2n) is 4.61. The van der Waals surface area contributed by atoms with Crippen molar-refractivity contribution in [3.05, 3.63) is 46.9 Å². The Kier molecular flexibility index (Phi) is 4.29. The number of aryl methyl sites for hydroxylation is 2. The summed E-state index contributed by atoms with van der Waals surface area (Å²) in [5.74, 6) is 1.52. The largest absolute Gasteiger partial charge is 0.477 e. The number of hydrogen-bond acceptors (Lipinski definition) is 4. The summed E-state index contributed by atoms with van der Waals surface area (Å²) in [4.78, 5) is 12.4. The molecule has 1 heterocycles. The van der Waals surface area contributed by atoms with Crippen LogP contribution in [0.3, 0.4) is 0 Å². The molecule has 1 aromatic heterocycles. The van der Waals surface area contributed by atoms with E-state index in [1.807, 2.05) is 19.9 Å². The molecule has 21 heavy (non-hydrogen) atoms. The molecule has 0 radical (unpaired) electrons. The Bertz CT molecular complexity index is 711. The van der Waals surface area contributed by atoms with Crippen molar-refractivity contribution in [3.8, 4) is 11.8 Å². The van der Waals surface area contributed by atoms with Crippen molar-refractivity contribution in [3.63, 3.8) is 0 Å². The molecule has 0 fully saturated rings. The Hall–Kier alpha value is -2.74. The van der Waals surface area contributed by atoms with Gasteiger partial charge in [0.1, 0.15) is 23.3 Å². The number of hydrogen-bond donors (Lipinski definition) is 1. The van der Waals surface area contributed by atoms with Gasteiger partial charge in [0.15, 0.2) is 6.61 Å². The minimum Gasteiger partial charge on any atom is -0.477 e. The average molecular weight is 284 g/mol. The minimum absolute atomic E-state index is 0.0737. The van der Waals surface area contributed by atoms with Crippen molar-refractivity contribution in [2.45, 2.75) is 20.8 Å². The molecule has 0 spiro atoms. The lowest BCUT2D eigenvalue weighted by molar-refractivity contribution is 0.102. The fourth-order valence-electron chi connectivity index (χ4n) is 2.12. The van der Waals surface area contributed by atoms with Crippen LogP contribution >= 0.6 is 0 Å². The van der Waals surface area contributed by atoms with Gasteiger partial charge in [0.2, 0.25) is 0 Å². The van der Waals surface area contributed by atoms with Gasteiger partial charge in [0.05, 0.1) is 11.3 Å². The lowest BCUT2D eigenvalue weighted by atomic mass is 10.1. The van der Waals surface area contributed by atoms with E-state index in [9.17, 15) is 4.79 Å². The third-order valence-electron chi connectivity index (χ3n) is 3.22. The molecule has 0 aliphatic carbocycles. The number of carbonyl (C=O) groups is 1. The van der Waals surface area contributed by atoms with Gasteiger partial charge in [-0.05, 0) is 32.9 Å². The van der Waals surface area contributed by atoms with Crippen LogP contribution in [0.4, 0.5) is 5.69 Å². The molecule has 0 bridgehead atoms. The molecule has 0 aliphatic heterocycles. The molecule has 108 valence electrons. The van der Waals surface area contributed by atoms with Gasteiger partial charge < -0.3 is 14.5 Å². The van der Waals surface area contributed by atoms with Gasteiger partial charge in [0.25, 0.3) is 5.91 Å². The lowest BCUT2D eigenvalue weighted by Crippen LogP contribution is -2.14. The van der Waals surface area contributed by atoms with Gasteiger partial charge in [0, 0.05) is 5.56 Å². The number of nitriles is 1. The predicted molar refractivity (Wildman–Crippen MR) is 78.4 cm³/mol. The van der Waals surface area contributed by atoms with Crippen LogP contribution in [-0.4, -0.2) is 12.5 Å². The summed E-state index contributed by atoms with van der Waals surface area (Å²) < 4.78 is 10.8. The quantitative estimate of drug-likeness (QED) is 0.934. The molecule has 0 saturated heterocycles. The predicted octanol–water partition coefficient (Wildman–Crippen LogP) is 3.36. The third kappa shape index (κ3) is 3.06. The molecule has 0 aliphatic rings. The zero-order valence-electron chi connectivity index (χ0n) is 12.2. The normalized spacial score (nSPS) is 10.0. The van der Waals surface area contributed by atoms with Crippen molar-refractivity contribution in [1.82, 2.24) is 0 Å². The molecular formula is C16H16N2O3. The molecule has 1 N–H and O–H groups in total. The standard InChI is InChI=1S/C16H16N2O3/c1-10-11(2)21-12(3)15(10)16(19)18-13-6-4-5-7-14(13)20-9-8-17/h4-7H,9H2,1-3H3,(H,18,19). The van der Waals surface area contributed by atoms with E-state index in [4.69, 9.17) is 14.4 Å². The molecule has 0 atom stereocenters. The molecule has 1 aromatic carbocycles. The number of furan rings is 1. The molecule has 0 saturated carbocycles. The van der Waals surface area contributed by atoms with Crippen LogP contribution < -0.4 is 10.1 Å². The van der Waals surface area contributed by atoms with Crippen LogP contribution in [-0.2, 0) is 0 Å². The Labute approximate surface area is 123 Å². The van der Waals surface area contributed by atoms with E-state index in [0.29, 0.717) is 22.8 Å². The summed E-state index contributed by atoms with van der Waals surface area (Å²) in [5.41, 5.74) is 1.87. The first-order valence-electron chi connectivity index (χ1n) is 6.51. The molecular weight excluding hydrogens is 268 g/mol. The SMILES string of the molecule is Cc1oc(C)c(C(=O)Nc2ccccc2OCC#N)c1C. The number of para-hydroxylation sites is 2. The molecule has 2 rings (SSSR count). The number of nitrogens with zero attached hydrogens (tertiary/aromatic N) is 1. The monoisotopic (exact) mass is 284 g/mol. The zero-order valence-corrected chi connectivity index (χ0v) is 12.2. The van der Waals surface area contributed by atoms with Crippen LogP contribution in [0.15, 0.2) is 28.7 Å². The maximum Gasteiger partial charge on any atom is 0.259 e. The van der Waals surface area contributed by atoms with E-state index in [2.05, 4.69) is 5.32 Å². The lowest BCUT2D eigenvalue weighted by Gasteiger charge is -2.10. The van der Waals surface area contributed by atoms with Crippen LogP contribution in [0.1, 0.15) is 27.4 Å². The number of anilines is 1. The van der Waals surface area contributed by atoms with Crippen LogP contribution in [0.5, 0.6) is 5.75 Å². The molecule has 5 heteroatoms. The highest BCUT2D eigenvalue weighted by atomic mass is 16.5. The van der Waals surface area contributed by atoms with E-state index >= 15 is 0 Å². The Balaban J connectivity index is 2.26. The van der Waals surface area contributed by atoms with Crippen LogP contribution in [0.25, 0.3) is 0 Å². The first-order chi connectivity index (χ1) is 10.0. The van der Waals surface area contributed by atoms with Gasteiger partial charge in [-0.3, -0.25) is 4.79 Å². The highest BCUT2D eigenvalue weighted by Gasteiger charge is 2.19. The molecule has 5 nitrogen and oxygen atoms in total. The van der Waals surface area contributed by atoms with E-state index in [-0.39, 0.29) is 12.5 Å². The number of ether oxygens (including phenoxy) is 1. The number of nitrogens with one attached hydrogen (secondary N) is 1. The van der Waals surface area contributed by atoms with Gasteiger partial charge in [-0.15, -0.1) is 0 Å². The van der Waals surface area contributed by atoms with Gasteiger partial charge in [-0.1, -0.05) is 12.1 Å². The van der Waals surface area contributed by atoms with Gasteiger partial charge in [-0.2, -0.15) is 5.26 Å². The highest BCUT2D eigenvalue weighted by Crippen LogP contribution is 2.26. The smallest absolute Gasteiger partial charge is 0.259 e. The second kappa shape index (κ2) is 6.14. The van der Waals surface area contributed by atoms with Crippen LogP contribution in [0.2, 0.25) is 0 Å². The van der Waals surface area contributed by atoms with E-state index in [0.717, 1.165) is 11.3 Å². The van der Waals surface area contributed by atoms with Crippen molar-refractivity contribution >= 4 is 11.6 Å². The topological polar surface area (TPSA) is 75.3 Å². The second-order valence-corrected chi connectivity index (χ2v) is 4.61. The van der Waals surface area contributed by atoms with Crippen LogP contribution in [0, 0.1) is 32.1 Å². The number of rotatable bonds is 4. The summed E-state index contributed by atoms with van der Waals surface area (Å²) >= 11 is 0. The number of benzene rings is 1. The number of carbonyl (C=O) groups excluding carboxylic acids is 1. The van der Waals surface area contributed by atoms with Gasteiger partial charge >= 0.3 is 0 Å². The first-order valence-corrected chi connectivity index (χ1v) is 6.51. The molecule has 1 amide bonds.